The summed E-state index contributed by atoms with van der Waals surface area (Å²) in [6.07, 6.45) is 3.25. The fourth-order valence-corrected chi connectivity index (χ4v) is 4.19. The normalized spacial score (nSPS) is 18.1. The number of carbonyl (C=O) groups is 2. The summed E-state index contributed by atoms with van der Waals surface area (Å²) >= 11 is 0. The van der Waals surface area contributed by atoms with E-state index in [1.807, 2.05) is 40.1 Å². The molecule has 2 aliphatic heterocycles. The number of para-hydroxylation sites is 2. The molecule has 0 aromatic heterocycles. The smallest absolute Gasteiger partial charge is 0.265 e. The summed E-state index contributed by atoms with van der Waals surface area (Å²) in [6.45, 7) is 2.53. The number of likely N-dealkylation sites (tertiary alicyclic amines) is 1. The van der Waals surface area contributed by atoms with Crippen LogP contribution in [0.3, 0.4) is 0 Å². The maximum atomic E-state index is 13.0. The van der Waals surface area contributed by atoms with Crippen molar-refractivity contribution in [2.24, 2.45) is 0 Å². The number of aromatic hydroxyl groups is 1. The lowest BCUT2D eigenvalue weighted by atomic mass is 10.1. The largest absolute Gasteiger partial charge is 0.508 e. The van der Waals surface area contributed by atoms with Gasteiger partial charge in [0.15, 0.2) is 6.10 Å². The number of phenolic OH excluding ortho intramolecular Hbond substituents is 1. The van der Waals surface area contributed by atoms with Crippen molar-refractivity contribution >= 4 is 17.5 Å². The first-order valence-electron chi connectivity index (χ1n) is 10.9. The molecular formula is C24H29N3O4. The van der Waals surface area contributed by atoms with Gasteiger partial charge in [-0.15, -0.1) is 0 Å². The first-order valence-corrected chi connectivity index (χ1v) is 10.9. The molecule has 2 aromatic rings. The molecule has 0 aliphatic carbocycles. The molecule has 2 amide bonds. The maximum absolute atomic E-state index is 13.0. The number of amides is 2. The first-order chi connectivity index (χ1) is 15.1. The van der Waals surface area contributed by atoms with Crippen molar-refractivity contribution in [1.29, 1.82) is 0 Å². The van der Waals surface area contributed by atoms with Gasteiger partial charge in [-0.3, -0.25) is 9.59 Å². The van der Waals surface area contributed by atoms with Crippen LogP contribution in [-0.2, 0) is 16.0 Å². The van der Waals surface area contributed by atoms with Gasteiger partial charge in [-0.1, -0.05) is 24.3 Å². The van der Waals surface area contributed by atoms with Crippen LogP contribution < -0.4 is 15.0 Å². The molecule has 1 unspecified atom stereocenters. The fourth-order valence-electron chi connectivity index (χ4n) is 4.19. The van der Waals surface area contributed by atoms with E-state index in [0.717, 1.165) is 43.6 Å². The Balaban J connectivity index is 1.37. The van der Waals surface area contributed by atoms with Crippen LogP contribution in [-0.4, -0.2) is 60.6 Å². The van der Waals surface area contributed by atoms with Crippen LogP contribution in [0.25, 0.3) is 0 Å². The first kappa shape index (κ1) is 21.0. The summed E-state index contributed by atoms with van der Waals surface area (Å²) in [5, 5.41) is 12.5. The molecule has 1 fully saturated rings. The van der Waals surface area contributed by atoms with Gasteiger partial charge < -0.3 is 25.0 Å². The van der Waals surface area contributed by atoms with Crippen molar-refractivity contribution in [3.63, 3.8) is 0 Å². The van der Waals surface area contributed by atoms with E-state index in [0.29, 0.717) is 25.3 Å². The predicted molar refractivity (Wildman–Crippen MR) is 118 cm³/mol. The molecule has 7 heteroatoms. The molecule has 164 valence electrons. The van der Waals surface area contributed by atoms with Crippen molar-refractivity contribution in [1.82, 2.24) is 10.2 Å². The Morgan fingerprint density at radius 1 is 1.06 bits per heavy atom. The molecule has 1 saturated heterocycles. The molecule has 2 heterocycles. The van der Waals surface area contributed by atoms with Crippen molar-refractivity contribution < 1.29 is 19.4 Å². The number of fused-ring (bicyclic) bond motifs is 1. The molecule has 31 heavy (non-hydrogen) atoms. The van der Waals surface area contributed by atoms with Gasteiger partial charge in [0.25, 0.3) is 5.91 Å². The number of benzene rings is 2. The summed E-state index contributed by atoms with van der Waals surface area (Å²) in [5.41, 5.74) is 1.79. The number of nitrogens with zero attached hydrogens (tertiary/aromatic N) is 2. The van der Waals surface area contributed by atoms with E-state index in [1.165, 1.54) is 0 Å². The minimum Gasteiger partial charge on any atom is -0.508 e. The summed E-state index contributed by atoms with van der Waals surface area (Å²) in [7, 11) is 0. The number of ether oxygens (including phenoxy) is 1. The SMILES string of the molecule is O=C(CN1CC(C(=O)N2CCCCC2)Oc2ccccc21)NCCc1cccc(O)c1. The van der Waals surface area contributed by atoms with Crippen molar-refractivity contribution in [2.45, 2.75) is 31.8 Å². The molecular weight excluding hydrogens is 394 g/mol. The third-order valence-corrected chi connectivity index (χ3v) is 5.79. The second kappa shape index (κ2) is 9.73. The zero-order chi connectivity index (χ0) is 21.6. The maximum Gasteiger partial charge on any atom is 0.265 e. The van der Waals surface area contributed by atoms with Crippen LogP contribution in [0.2, 0.25) is 0 Å². The predicted octanol–water partition coefficient (Wildman–Crippen LogP) is 2.33. The standard InChI is InChI=1S/C24H29N3O4/c28-19-8-6-7-18(15-19)11-12-25-23(29)17-27-16-22(24(30)26-13-4-1-5-14-26)31-21-10-3-2-9-20(21)27/h2-3,6-10,15,22,28H,1,4-5,11-14,16-17H2,(H,25,29). The number of hydrogen-bond donors (Lipinski definition) is 2. The van der Waals surface area contributed by atoms with Gasteiger partial charge in [0.2, 0.25) is 5.91 Å². The third-order valence-electron chi connectivity index (χ3n) is 5.79. The number of rotatable bonds is 6. The van der Waals surface area contributed by atoms with Crippen molar-refractivity contribution in [3.05, 3.63) is 54.1 Å². The van der Waals surface area contributed by atoms with Gasteiger partial charge in [-0.25, -0.2) is 0 Å². The van der Waals surface area contributed by atoms with Gasteiger partial charge in [-0.05, 0) is 55.5 Å². The van der Waals surface area contributed by atoms with Gasteiger partial charge in [0.05, 0.1) is 18.8 Å². The monoisotopic (exact) mass is 423 g/mol. The number of phenols is 1. The lowest BCUT2D eigenvalue weighted by molar-refractivity contribution is -0.139. The Morgan fingerprint density at radius 3 is 2.68 bits per heavy atom. The van der Waals surface area contributed by atoms with Gasteiger partial charge in [-0.2, -0.15) is 0 Å². The van der Waals surface area contributed by atoms with E-state index in [1.54, 1.807) is 18.2 Å². The zero-order valence-electron chi connectivity index (χ0n) is 17.6. The summed E-state index contributed by atoms with van der Waals surface area (Å²) < 4.78 is 6.02. The van der Waals surface area contributed by atoms with Crippen LogP contribution >= 0.6 is 0 Å². The van der Waals surface area contributed by atoms with E-state index in [2.05, 4.69) is 5.32 Å². The molecule has 2 aliphatic rings. The minimum absolute atomic E-state index is 0.00324. The highest BCUT2D eigenvalue weighted by Crippen LogP contribution is 2.33. The summed E-state index contributed by atoms with van der Waals surface area (Å²) in [6, 6.07) is 14.6. The van der Waals surface area contributed by atoms with Crippen LogP contribution in [0.15, 0.2) is 48.5 Å². The molecule has 0 radical (unpaired) electrons. The number of nitrogens with one attached hydrogen (secondary N) is 1. The second-order valence-electron chi connectivity index (χ2n) is 8.11. The van der Waals surface area contributed by atoms with Crippen LogP contribution in [0.5, 0.6) is 11.5 Å². The minimum atomic E-state index is -0.604. The Morgan fingerprint density at radius 2 is 1.87 bits per heavy atom. The summed E-state index contributed by atoms with van der Waals surface area (Å²) in [4.78, 5) is 29.4. The molecule has 4 rings (SSSR count). The Bertz CT molecular complexity index is 927. The fraction of sp³-hybridized carbons (Fsp3) is 0.417. The van der Waals surface area contributed by atoms with Gasteiger partial charge >= 0.3 is 0 Å². The zero-order valence-corrected chi connectivity index (χ0v) is 17.6. The van der Waals surface area contributed by atoms with Gasteiger partial charge in [0, 0.05) is 19.6 Å². The molecule has 1 atom stereocenters. The van der Waals surface area contributed by atoms with Gasteiger partial charge in [0.1, 0.15) is 11.5 Å². The summed E-state index contributed by atoms with van der Waals surface area (Å²) in [5.74, 6) is 0.749. The number of piperidine rings is 1. The molecule has 2 aromatic carbocycles. The average Bonchev–Trinajstić information content (AvgIpc) is 2.79. The van der Waals surface area contributed by atoms with E-state index in [-0.39, 0.29) is 24.1 Å². The third kappa shape index (κ3) is 5.29. The molecule has 0 spiro atoms. The van der Waals surface area contributed by atoms with E-state index in [9.17, 15) is 14.7 Å². The highest BCUT2D eigenvalue weighted by Gasteiger charge is 2.34. The molecule has 0 saturated carbocycles. The number of hydrogen-bond acceptors (Lipinski definition) is 5. The Kier molecular flexibility index (Phi) is 6.60. The van der Waals surface area contributed by atoms with E-state index >= 15 is 0 Å². The van der Waals surface area contributed by atoms with E-state index in [4.69, 9.17) is 4.74 Å². The highest BCUT2D eigenvalue weighted by atomic mass is 16.5. The quantitative estimate of drug-likeness (QED) is 0.745. The van der Waals surface area contributed by atoms with Crippen molar-refractivity contribution in [3.8, 4) is 11.5 Å². The van der Waals surface area contributed by atoms with Crippen LogP contribution in [0, 0.1) is 0 Å². The van der Waals surface area contributed by atoms with Crippen LogP contribution in [0.4, 0.5) is 5.69 Å². The number of carbonyl (C=O) groups excluding carboxylic acids is 2. The molecule has 7 nitrogen and oxygen atoms in total. The molecule has 2 N–H and O–H groups in total. The topological polar surface area (TPSA) is 82.1 Å². The van der Waals surface area contributed by atoms with Crippen LogP contribution in [0.1, 0.15) is 24.8 Å². The molecule has 0 bridgehead atoms. The Hall–Kier alpha value is -3.22. The lowest BCUT2D eigenvalue weighted by Gasteiger charge is -2.38. The van der Waals surface area contributed by atoms with E-state index < -0.39 is 6.10 Å². The Labute approximate surface area is 182 Å². The van der Waals surface area contributed by atoms with Crippen molar-refractivity contribution in [2.75, 3.05) is 37.6 Å². The second-order valence-corrected chi connectivity index (χ2v) is 8.11. The highest BCUT2D eigenvalue weighted by molar-refractivity contribution is 5.86. The number of anilines is 1. The average molecular weight is 424 g/mol. The lowest BCUT2D eigenvalue weighted by Crippen LogP contribution is -2.53.